The average Bonchev–Trinajstić information content (AvgIpc) is 2.83. The lowest BCUT2D eigenvalue weighted by atomic mass is 9.94. The van der Waals surface area contributed by atoms with Crippen molar-refractivity contribution in [3.05, 3.63) is 56.7 Å². The summed E-state index contributed by atoms with van der Waals surface area (Å²) in [7, 11) is 0. The Morgan fingerprint density at radius 1 is 1.22 bits per heavy atom. The topological polar surface area (TPSA) is 12.0 Å². The van der Waals surface area contributed by atoms with E-state index in [1.807, 2.05) is 18.2 Å². The van der Waals surface area contributed by atoms with Crippen LogP contribution in [0.2, 0.25) is 0 Å². The Bertz CT molecular complexity index is 500. The molecule has 18 heavy (non-hydrogen) atoms. The molecule has 0 radical (unpaired) electrons. The molecule has 0 saturated heterocycles. The molecule has 1 atom stereocenters. The first-order chi connectivity index (χ1) is 8.64. The van der Waals surface area contributed by atoms with Crippen LogP contribution >= 0.6 is 38.9 Å². The van der Waals surface area contributed by atoms with Crippen LogP contribution < -0.4 is 5.32 Å². The quantitative estimate of drug-likeness (QED) is 0.771. The third-order valence-corrected chi connectivity index (χ3v) is 5.12. The fourth-order valence-corrected chi connectivity index (χ4v) is 3.43. The van der Waals surface area contributed by atoms with Gasteiger partial charge in [0.25, 0.3) is 0 Å². The minimum absolute atomic E-state index is 0.195. The molecule has 0 aliphatic rings. The summed E-state index contributed by atoms with van der Waals surface area (Å²) in [5.74, 6) is 0.545. The summed E-state index contributed by atoms with van der Waals surface area (Å²) in [5.41, 5.74) is 1.02. The van der Waals surface area contributed by atoms with Gasteiger partial charge in [0.1, 0.15) is 0 Å². The van der Waals surface area contributed by atoms with Gasteiger partial charge < -0.3 is 5.32 Å². The van der Waals surface area contributed by atoms with Gasteiger partial charge in [-0.15, -0.1) is 22.9 Å². The van der Waals surface area contributed by atoms with E-state index >= 15 is 0 Å². The molecule has 0 amide bonds. The highest BCUT2D eigenvalue weighted by atomic mass is 79.9. The molecule has 2 aromatic rings. The van der Waals surface area contributed by atoms with Crippen LogP contribution in [0, 0.1) is 0 Å². The molecule has 1 aromatic heterocycles. The van der Waals surface area contributed by atoms with E-state index in [4.69, 9.17) is 11.6 Å². The van der Waals surface area contributed by atoms with Gasteiger partial charge in [0.2, 0.25) is 0 Å². The van der Waals surface area contributed by atoms with Crippen LogP contribution in [0.25, 0.3) is 0 Å². The van der Waals surface area contributed by atoms with Gasteiger partial charge in [-0.25, -0.2) is 0 Å². The van der Waals surface area contributed by atoms with Gasteiger partial charge in [0.15, 0.2) is 0 Å². The third kappa shape index (κ3) is 3.35. The van der Waals surface area contributed by atoms with E-state index in [0.29, 0.717) is 5.88 Å². The third-order valence-electron chi connectivity index (χ3n) is 2.96. The molecule has 4 heteroatoms. The minimum atomic E-state index is -0.195. The van der Waals surface area contributed by atoms with E-state index in [2.05, 4.69) is 52.4 Å². The first-order valence-corrected chi connectivity index (χ1v) is 7.89. The molecule has 1 aromatic carbocycles. The van der Waals surface area contributed by atoms with E-state index in [1.165, 1.54) is 10.4 Å². The Labute approximate surface area is 125 Å². The maximum Gasteiger partial charge on any atom is 0.0701 e. The zero-order valence-corrected chi connectivity index (χ0v) is 13.3. The van der Waals surface area contributed by atoms with Crippen molar-refractivity contribution in [3.63, 3.8) is 0 Å². The maximum absolute atomic E-state index is 6.15. The van der Waals surface area contributed by atoms with Gasteiger partial charge in [-0.3, -0.25) is 0 Å². The van der Waals surface area contributed by atoms with Gasteiger partial charge in [0.05, 0.1) is 9.33 Å². The lowest BCUT2D eigenvalue weighted by Crippen LogP contribution is -2.40. The lowest BCUT2D eigenvalue weighted by molar-refractivity contribution is 0.408. The molecule has 1 N–H and O–H groups in total. The molecule has 1 nitrogen and oxygen atoms in total. The Morgan fingerprint density at radius 3 is 2.50 bits per heavy atom. The summed E-state index contributed by atoms with van der Waals surface area (Å²) in [6, 6.07) is 14.5. The molecule has 0 bridgehead atoms. The molecular formula is C14H15BrClNS. The SMILES string of the molecule is CC(CCl)(NCc1ccc(Br)s1)c1ccccc1. The molecule has 96 valence electrons. The average molecular weight is 345 g/mol. The minimum Gasteiger partial charge on any atom is -0.302 e. The highest BCUT2D eigenvalue weighted by Crippen LogP contribution is 2.25. The smallest absolute Gasteiger partial charge is 0.0701 e. The Kier molecular flexibility index (Phi) is 4.84. The number of halogens is 2. The van der Waals surface area contributed by atoms with E-state index in [0.717, 1.165) is 10.3 Å². The normalized spacial score (nSPS) is 14.4. The first-order valence-electron chi connectivity index (χ1n) is 5.75. The van der Waals surface area contributed by atoms with Crippen LogP contribution in [-0.2, 0) is 12.1 Å². The summed E-state index contributed by atoms with van der Waals surface area (Å²) in [6.07, 6.45) is 0. The maximum atomic E-state index is 6.15. The summed E-state index contributed by atoms with van der Waals surface area (Å²) in [5, 5.41) is 3.55. The second kappa shape index (κ2) is 6.20. The van der Waals surface area contributed by atoms with Crippen molar-refractivity contribution < 1.29 is 0 Å². The van der Waals surface area contributed by atoms with E-state index in [9.17, 15) is 0 Å². The first kappa shape index (κ1) is 14.1. The number of thiophene rings is 1. The van der Waals surface area contributed by atoms with E-state index < -0.39 is 0 Å². The van der Waals surface area contributed by atoms with Crippen molar-refractivity contribution >= 4 is 38.9 Å². The molecular weight excluding hydrogens is 330 g/mol. The van der Waals surface area contributed by atoms with Crippen LogP contribution in [0.5, 0.6) is 0 Å². The second-order valence-corrected chi connectivity index (χ2v) is 7.21. The predicted octanol–water partition coefficient (Wildman–Crippen LogP) is 4.75. The van der Waals surface area contributed by atoms with Gasteiger partial charge in [-0.1, -0.05) is 30.3 Å². The van der Waals surface area contributed by atoms with Crippen LogP contribution in [0.3, 0.4) is 0 Å². The van der Waals surface area contributed by atoms with Crippen molar-refractivity contribution in [2.24, 2.45) is 0 Å². The number of rotatable bonds is 5. The summed E-state index contributed by atoms with van der Waals surface area (Å²) in [4.78, 5) is 1.30. The number of alkyl halides is 1. The molecule has 0 aliphatic heterocycles. The van der Waals surface area contributed by atoms with Gasteiger partial charge in [-0.05, 0) is 40.5 Å². The number of hydrogen-bond donors (Lipinski definition) is 1. The van der Waals surface area contributed by atoms with Gasteiger partial charge in [-0.2, -0.15) is 0 Å². The number of hydrogen-bond acceptors (Lipinski definition) is 2. The van der Waals surface area contributed by atoms with E-state index in [1.54, 1.807) is 11.3 Å². The van der Waals surface area contributed by atoms with Crippen LogP contribution in [0.15, 0.2) is 46.3 Å². The Hall–Kier alpha value is -0.350. The summed E-state index contributed by atoms with van der Waals surface area (Å²) in [6.45, 7) is 2.96. The molecule has 1 unspecified atom stereocenters. The summed E-state index contributed by atoms with van der Waals surface area (Å²) >= 11 is 11.4. The zero-order chi connectivity index (χ0) is 13.0. The van der Waals surface area contributed by atoms with Crippen molar-refractivity contribution in [2.75, 3.05) is 5.88 Å². The van der Waals surface area contributed by atoms with Gasteiger partial charge in [0, 0.05) is 17.3 Å². The van der Waals surface area contributed by atoms with Crippen molar-refractivity contribution in [1.82, 2.24) is 5.32 Å². The molecule has 2 rings (SSSR count). The standard InChI is InChI=1S/C14H15BrClNS/c1-14(10-16,11-5-3-2-4-6-11)17-9-12-7-8-13(15)18-12/h2-8,17H,9-10H2,1H3. The summed E-state index contributed by atoms with van der Waals surface area (Å²) < 4.78 is 1.16. The fourth-order valence-electron chi connectivity index (χ4n) is 1.76. The largest absolute Gasteiger partial charge is 0.302 e. The molecule has 1 heterocycles. The predicted molar refractivity (Wildman–Crippen MR) is 83.4 cm³/mol. The molecule has 0 saturated carbocycles. The van der Waals surface area contributed by atoms with Crippen molar-refractivity contribution in [3.8, 4) is 0 Å². The Morgan fingerprint density at radius 2 is 1.94 bits per heavy atom. The Balaban J connectivity index is 2.09. The number of nitrogens with one attached hydrogen (secondary N) is 1. The van der Waals surface area contributed by atoms with Crippen LogP contribution in [-0.4, -0.2) is 5.88 Å². The highest BCUT2D eigenvalue weighted by Gasteiger charge is 2.24. The monoisotopic (exact) mass is 343 g/mol. The van der Waals surface area contributed by atoms with Crippen LogP contribution in [0.4, 0.5) is 0 Å². The molecule has 0 fully saturated rings. The fraction of sp³-hybridized carbons (Fsp3) is 0.286. The van der Waals surface area contributed by atoms with Gasteiger partial charge >= 0.3 is 0 Å². The lowest BCUT2D eigenvalue weighted by Gasteiger charge is -2.29. The van der Waals surface area contributed by atoms with Crippen LogP contribution in [0.1, 0.15) is 17.4 Å². The second-order valence-electron chi connectivity index (χ2n) is 4.39. The molecule has 0 aliphatic carbocycles. The van der Waals surface area contributed by atoms with E-state index in [-0.39, 0.29) is 5.54 Å². The zero-order valence-electron chi connectivity index (χ0n) is 10.1. The van der Waals surface area contributed by atoms with Crippen molar-refractivity contribution in [1.29, 1.82) is 0 Å². The molecule has 0 spiro atoms. The highest BCUT2D eigenvalue weighted by molar-refractivity contribution is 9.11. The number of benzene rings is 1. The van der Waals surface area contributed by atoms with Crippen molar-refractivity contribution in [2.45, 2.75) is 19.0 Å².